The fourth-order valence-electron chi connectivity index (χ4n) is 4.07. The fraction of sp³-hybridized carbons (Fsp3) is 0.240. The van der Waals surface area contributed by atoms with E-state index >= 15 is 0 Å². The van der Waals surface area contributed by atoms with Crippen molar-refractivity contribution in [3.05, 3.63) is 78.1 Å². The Bertz CT molecular complexity index is 1180. The van der Waals surface area contributed by atoms with Gasteiger partial charge < -0.3 is 10.6 Å². The van der Waals surface area contributed by atoms with Crippen molar-refractivity contribution in [2.75, 3.05) is 11.9 Å². The molecule has 3 aromatic carbocycles. The molecule has 164 valence electrons. The van der Waals surface area contributed by atoms with Gasteiger partial charge in [-0.1, -0.05) is 62.2 Å². The lowest BCUT2D eigenvalue weighted by molar-refractivity contribution is -0.134. The third kappa shape index (κ3) is 4.06. The Kier molecular flexibility index (Phi) is 5.90. The molecule has 0 aliphatic carbocycles. The van der Waals surface area contributed by atoms with Crippen molar-refractivity contribution in [3.8, 4) is 0 Å². The van der Waals surface area contributed by atoms with Crippen LogP contribution in [0.25, 0.3) is 10.8 Å². The van der Waals surface area contributed by atoms with Gasteiger partial charge in [-0.05, 0) is 47.0 Å². The van der Waals surface area contributed by atoms with Crippen LogP contribution in [-0.4, -0.2) is 29.3 Å². The highest BCUT2D eigenvalue weighted by Gasteiger charge is 2.52. The van der Waals surface area contributed by atoms with Crippen molar-refractivity contribution in [1.29, 1.82) is 0 Å². The molecule has 6 nitrogen and oxygen atoms in total. The molecule has 4 amide bonds. The second-order valence-electron chi connectivity index (χ2n) is 7.95. The normalized spacial score (nSPS) is 18.1. The maximum absolute atomic E-state index is 13.4. The number of halogens is 1. The molecule has 1 fully saturated rings. The Labute approximate surface area is 185 Å². The average molecular weight is 433 g/mol. The first-order chi connectivity index (χ1) is 15.4. The maximum atomic E-state index is 13.4. The van der Waals surface area contributed by atoms with E-state index in [4.69, 9.17) is 0 Å². The third-order valence-corrected chi connectivity index (χ3v) is 5.75. The summed E-state index contributed by atoms with van der Waals surface area (Å²) in [5, 5.41) is 7.53. The van der Waals surface area contributed by atoms with E-state index in [2.05, 4.69) is 10.6 Å². The van der Waals surface area contributed by atoms with Crippen LogP contribution in [0.3, 0.4) is 0 Å². The van der Waals surface area contributed by atoms with Crippen LogP contribution in [0.4, 0.5) is 14.9 Å². The van der Waals surface area contributed by atoms with Crippen molar-refractivity contribution < 1.29 is 18.8 Å². The largest absolute Gasteiger partial charge is 0.325 e. The molecule has 1 saturated heterocycles. The van der Waals surface area contributed by atoms with Gasteiger partial charge in [-0.2, -0.15) is 0 Å². The van der Waals surface area contributed by atoms with Crippen LogP contribution in [0.2, 0.25) is 0 Å². The molecule has 0 spiro atoms. The lowest BCUT2D eigenvalue weighted by atomic mass is 9.85. The molecule has 0 radical (unpaired) electrons. The Hall–Kier alpha value is -3.74. The summed E-state index contributed by atoms with van der Waals surface area (Å²) in [4.78, 5) is 39.7. The van der Waals surface area contributed by atoms with Crippen LogP contribution in [-0.2, 0) is 15.1 Å². The van der Waals surface area contributed by atoms with E-state index in [1.807, 2.05) is 43.3 Å². The van der Waals surface area contributed by atoms with E-state index in [0.717, 1.165) is 22.1 Å². The Balaban J connectivity index is 1.53. The SMILES string of the molecule is CCCCC1(c2ccc(F)cc2)NC(=O)N(CC(=O)Nc2ccc3ccccc3c2)C1=O. The van der Waals surface area contributed by atoms with Crippen molar-refractivity contribution in [2.45, 2.75) is 31.7 Å². The number of nitrogens with one attached hydrogen (secondary N) is 2. The summed E-state index contributed by atoms with van der Waals surface area (Å²) in [5.74, 6) is -1.41. The van der Waals surface area contributed by atoms with Gasteiger partial charge in [0.15, 0.2) is 0 Å². The summed E-state index contributed by atoms with van der Waals surface area (Å²) in [6, 6.07) is 18.1. The Morgan fingerprint density at radius 3 is 2.47 bits per heavy atom. The number of anilines is 1. The number of hydrogen-bond acceptors (Lipinski definition) is 3. The van der Waals surface area contributed by atoms with E-state index < -0.39 is 35.7 Å². The molecule has 0 bridgehead atoms. The fourth-order valence-corrected chi connectivity index (χ4v) is 4.07. The minimum absolute atomic E-state index is 0.364. The molecule has 1 aliphatic heterocycles. The summed E-state index contributed by atoms with van der Waals surface area (Å²) in [6.45, 7) is 1.57. The number of amides is 4. The maximum Gasteiger partial charge on any atom is 0.325 e. The molecule has 1 heterocycles. The first-order valence-electron chi connectivity index (χ1n) is 10.6. The molecule has 3 aromatic rings. The zero-order valence-electron chi connectivity index (χ0n) is 17.7. The summed E-state index contributed by atoms with van der Waals surface area (Å²) < 4.78 is 13.4. The lowest BCUT2D eigenvalue weighted by Gasteiger charge is -2.27. The van der Waals surface area contributed by atoms with Crippen LogP contribution in [0.1, 0.15) is 31.7 Å². The van der Waals surface area contributed by atoms with E-state index in [1.165, 1.54) is 24.3 Å². The topological polar surface area (TPSA) is 78.5 Å². The van der Waals surface area contributed by atoms with Crippen LogP contribution < -0.4 is 10.6 Å². The number of urea groups is 1. The smallest absolute Gasteiger partial charge is 0.325 e. The molecule has 1 aliphatic rings. The Morgan fingerprint density at radius 2 is 1.75 bits per heavy atom. The minimum atomic E-state index is -1.30. The molecule has 7 heteroatoms. The van der Waals surface area contributed by atoms with Gasteiger partial charge >= 0.3 is 6.03 Å². The second kappa shape index (κ2) is 8.78. The number of rotatable bonds is 7. The molecule has 0 aromatic heterocycles. The number of carbonyl (C=O) groups is 3. The van der Waals surface area contributed by atoms with Crippen molar-refractivity contribution >= 4 is 34.3 Å². The molecular weight excluding hydrogens is 409 g/mol. The molecule has 32 heavy (non-hydrogen) atoms. The summed E-state index contributed by atoms with van der Waals surface area (Å²) in [5.41, 5.74) is -0.219. The van der Waals surface area contributed by atoms with Crippen molar-refractivity contribution in [3.63, 3.8) is 0 Å². The average Bonchev–Trinajstić information content (AvgIpc) is 3.03. The van der Waals surface area contributed by atoms with Crippen LogP contribution in [0, 0.1) is 5.82 Å². The number of nitrogens with zero attached hydrogens (tertiary/aromatic N) is 1. The number of hydrogen-bond donors (Lipinski definition) is 2. The van der Waals surface area contributed by atoms with Gasteiger partial charge in [-0.15, -0.1) is 0 Å². The van der Waals surface area contributed by atoms with Gasteiger partial charge in [0.2, 0.25) is 5.91 Å². The molecule has 0 saturated carbocycles. The predicted octanol–water partition coefficient (Wildman–Crippen LogP) is 4.55. The minimum Gasteiger partial charge on any atom is -0.325 e. The monoisotopic (exact) mass is 433 g/mol. The number of unbranched alkanes of at least 4 members (excludes halogenated alkanes) is 1. The molecule has 2 N–H and O–H groups in total. The van der Waals surface area contributed by atoms with Gasteiger partial charge in [-0.25, -0.2) is 9.18 Å². The van der Waals surface area contributed by atoms with Crippen molar-refractivity contribution in [2.24, 2.45) is 0 Å². The van der Waals surface area contributed by atoms with Crippen LogP contribution in [0.5, 0.6) is 0 Å². The van der Waals surface area contributed by atoms with E-state index in [0.29, 0.717) is 24.1 Å². The van der Waals surface area contributed by atoms with Crippen LogP contribution in [0.15, 0.2) is 66.7 Å². The summed E-state index contributed by atoms with van der Waals surface area (Å²) >= 11 is 0. The first kappa shape index (κ1) is 21.5. The zero-order chi connectivity index (χ0) is 22.7. The number of benzene rings is 3. The third-order valence-electron chi connectivity index (χ3n) is 5.75. The van der Waals surface area contributed by atoms with E-state index in [1.54, 1.807) is 6.07 Å². The zero-order valence-corrected chi connectivity index (χ0v) is 17.7. The predicted molar refractivity (Wildman–Crippen MR) is 120 cm³/mol. The van der Waals surface area contributed by atoms with E-state index in [9.17, 15) is 18.8 Å². The Morgan fingerprint density at radius 1 is 1.03 bits per heavy atom. The van der Waals surface area contributed by atoms with Crippen molar-refractivity contribution in [1.82, 2.24) is 10.2 Å². The molecule has 1 unspecified atom stereocenters. The van der Waals surface area contributed by atoms with Gasteiger partial charge in [0.25, 0.3) is 5.91 Å². The summed E-state index contributed by atoms with van der Waals surface area (Å²) in [7, 11) is 0. The van der Waals surface area contributed by atoms with E-state index in [-0.39, 0.29) is 0 Å². The quantitative estimate of drug-likeness (QED) is 0.537. The highest BCUT2D eigenvalue weighted by molar-refractivity contribution is 6.10. The van der Waals surface area contributed by atoms with Gasteiger partial charge in [0.1, 0.15) is 17.9 Å². The number of imide groups is 1. The molecule has 1 atom stereocenters. The summed E-state index contributed by atoms with van der Waals surface area (Å²) in [6.07, 6.45) is 1.86. The number of carbonyl (C=O) groups excluding carboxylic acids is 3. The first-order valence-corrected chi connectivity index (χ1v) is 10.6. The standard InChI is InChI=1S/C25H24FN3O3/c1-2-3-14-25(19-9-11-20(26)12-10-19)23(31)29(24(32)28-25)16-22(30)27-21-13-8-17-6-4-5-7-18(17)15-21/h4-13,15H,2-3,14,16H2,1H3,(H,27,30)(H,28,32). The highest BCUT2D eigenvalue weighted by Crippen LogP contribution is 2.34. The van der Waals surface area contributed by atoms with Crippen LogP contribution >= 0.6 is 0 Å². The lowest BCUT2D eigenvalue weighted by Crippen LogP contribution is -2.44. The highest BCUT2D eigenvalue weighted by atomic mass is 19.1. The molecular formula is C25H24FN3O3. The number of fused-ring (bicyclic) bond motifs is 1. The van der Waals surface area contributed by atoms with Gasteiger partial charge in [-0.3, -0.25) is 14.5 Å². The van der Waals surface area contributed by atoms with Gasteiger partial charge in [0, 0.05) is 5.69 Å². The molecule has 4 rings (SSSR count). The van der Waals surface area contributed by atoms with Gasteiger partial charge in [0.05, 0.1) is 0 Å². The second-order valence-corrected chi connectivity index (χ2v) is 7.95.